The largest absolute Gasteiger partial charge is 0.463 e. The monoisotopic (exact) mass is 411 g/mol. The fourth-order valence-corrected chi connectivity index (χ4v) is 4.87. The molecule has 1 fully saturated rings. The zero-order chi connectivity index (χ0) is 20.3. The predicted octanol–water partition coefficient (Wildman–Crippen LogP) is 3.06. The van der Waals surface area contributed by atoms with Crippen molar-refractivity contribution < 1.29 is 17.6 Å². The normalized spacial score (nSPS) is 14.8. The maximum absolute atomic E-state index is 12.6. The van der Waals surface area contributed by atoms with Crippen molar-refractivity contribution in [2.75, 3.05) is 13.1 Å². The van der Waals surface area contributed by atoms with Gasteiger partial charge in [0.25, 0.3) is 5.91 Å². The van der Waals surface area contributed by atoms with Gasteiger partial charge in [0, 0.05) is 37.0 Å². The summed E-state index contributed by atoms with van der Waals surface area (Å²) in [6.45, 7) is 1.37. The molecule has 29 heavy (non-hydrogen) atoms. The summed E-state index contributed by atoms with van der Waals surface area (Å²) in [6, 6.07) is 13.3. The number of nitrogens with one attached hydrogen (secondary N) is 1. The quantitative estimate of drug-likeness (QED) is 0.673. The molecule has 0 spiro atoms. The number of carbonyl (C=O) groups is 1. The van der Waals surface area contributed by atoms with Crippen LogP contribution < -0.4 is 5.32 Å². The summed E-state index contributed by atoms with van der Waals surface area (Å²) in [6.07, 6.45) is 5.01. The highest BCUT2D eigenvalue weighted by molar-refractivity contribution is 7.89. The number of carbonyl (C=O) groups excluding carboxylic acids is 1. The number of rotatable bonds is 6. The molecule has 1 N–H and O–H groups in total. The Balaban J connectivity index is 1.45. The molecule has 0 unspecified atom stereocenters. The molecule has 0 aliphatic carbocycles. The third kappa shape index (κ3) is 4.08. The smallest absolute Gasteiger partial charge is 0.251 e. The van der Waals surface area contributed by atoms with E-state index in [2.05, 4.69) is 10.3 Å². The molecular weight excluding hydrogens is 390 g/mol. The van der Waals surface area contributed by atoms with Crippen LogP contribution in [0.2, 0.25) is 0 Å². The van der Waals surface area contributed by atoms with Crippen molar-refractivity contribution in [2.45, 2.75) is 24.3 Å². The summed E-state index contributed by atoms with van der Waals surface area (Å²) in [4.78, 5) is 17.1. The van der Waals surface area contributed by atoms with E-state index in [9.17, 15) is 13.2 Å². The van der Waals surface area contributed by atoms with Crippen molar-refractivity contribution in [1.82, 2.24) is 14.6 Å². The minimum atomic E-state index is -3.48. The van der Waals surface area contributed by atoms with Crippen LogP contribution in [0.5, 0.6) is 0 Å². The number of furan rings is 1. The van der Waals surface area contributed by atoms with E-state index in [4.69, 9.17) is 4.42 Å². The maximum atomic E-state index is 12.6. The van der Waals surface area contributed by atoms with Gasteiger partial charge in [0.15, 0.2) is 5.76 Å². The molecule has 1 aromatic carbocycles. The molecule has 150 valence electrons. The SMILES string of the molecule is O=C(NCc1cccnc1-c1ccco1)c1ccc(S(=O)(=O)N2CCCC2)cc1. The zero-order valence-electron chi connectivity index (χ0n) is 15.7. The van der Waals surface area contributed by atoms with E-state index in [0.717, 1.165) is 18.4 Å². The lowest BCUT2D eigenvalue weighted by Gasteiger charge is -2.15. The first-order chi connectivity index (χ1) is 14.1. The highest BCUT2D eigenvalue weighted by Crippen LogP contribution is 2.22. The number of pyridine rings is 1. The Labute approximate surface area is 169 Å². The second kappa shape index (κ2) is 8.18. The molecule has 1 aliphatic heterocycles. The van der Waals surface area contributed by atoms with Crippen molar-refractivity contribution in [1.29, 1.82) is 0 Å². The van der Waals surface area contributed by atoms with Gasteiger partial charge >= 0.3 is 0 Å². The summed E-state index contributed by atoms with van der Waals surface area (Å²) in [5, 5.41) is 2.85. The molecule has 8 heteroatoms. The van der Waals surface area contributed by atoms with Gasteiger partial charge in [-0.25, -0.2) is 8.42 Å². The van der Waals surface area contributed by atoms with Crippen molar-refractivity contribution in [3.05, 3.63) is 72.1 Å². The maximum Gasteiger partial charge on any atom is 0.251 e. The van der Waals surface area contributed by atoms with E-state index >= 15 is 0 Å². The topological polar surface area (TPSA) is 92.5 Å². The number of sulfonamides is 1. The van der Waals surface area contributed by atoms with Gasteiger partial charge in [0.2, 0.25) is 10.0 Å². The van der Waals surface area contributed by atoms with Gasteiger partial charge in [-0.15, -0.1) is 0 Å². The standard InChI is InChI=1S/C21H21N3O4S/c25-21(23-15-17-5-3-11-22-20(17)19-6-4-14-28-19)16-7-9-18(10-8-16)29(26,27)24-12-1-2-13-24/h3-11,14H,1-2,12-13,15H2,(H,23,25). The highest BCUT2D eigenvalue weighted by atomic mass is 32.2. The van der Waals surface area contributed by atoms with Gasteiger partial charge in [-0.2, -0.15) is 4.31 Å². The van der Waals surface area contributed by atoms with Gasteiger partial charge in [-0.05, 0) is 55.3 Å². The summed E-state index contributed by atoms with van der Waals surface area (Å²) < 4.78 is 32.1. The van der Waals surface area contributed by atoms with Gasteiger partial charge in [0.05, 0.1) is 11.2 Å². The molecule has 7 nitrogen and oxygen atoms in total. The Morgan fingerprint density at radius 2 is 1.83 bits per heavy atom. The first kappa shape index (κ1) is 19.4. The number of hydrogen-bond acceptors (Lipinski definition) is 5. The second-order valence-corrected chi connectivity index (χ2v) is 8.74. The first-order valence-electron chi connectivity index (χ1n) is 9.42. The molecule has 0 radical (unpaired) electrons. The van der Waals surface area contributed by atoms with E-state index in [-0.39, 0.29) is 17.3 Å². The van der Waals surface area contributed by atoms with Gasteiger partial charge < -0.3 is 9.73 Å². The minimum Gasteiger partial charge on any atom is -0.463 e. The zero-order valence-corrected chi connectivity index (χ0v) is 16.6. The minimum absolute atomic E-state index is 0.211. The van der Waals surface area contributed by atoms with Crippen LogP contribution in [-0.2, 0) is 16.6 Å². The summed E-state index contributed by atoms with van der Waals surface area (Å²) in [5.41, 5.74) is 1.89. The van der Waals surface area contributed by atoms with E-state index in [0.29, 0.717) is 30.1 Å². The third-order valence-electron chi connectivity index (χ3n) is 4.90. The van der Waals surface area contributed by atoms with Crippen LogP contribution in [0, 0.1) is 0 Å². The summed E-state index contributed by atoms with van der Waals surface area (Å²) >= 11 is 0. The van der Waals surface area contributed by atoms with Crippen LogP contribution in [0.1, 0.15) is 28.8 Å². The van der Waals surface area contributed by atoms with Crippen LogP contribution in [0.4, 0.5) is 0 Å². The van der Waals surface area contributed by atoms with Crippen LogP contribution in [0.25, 0.3) is 11.5 Å². The molecule has 0 bridgehead atoms. The summed E-state index contributed by atoms with van der Waals surface area (Å²) in [7, 11) is -3.48. The molecular formula is C21H21N3O4S. The molecule has 3 aromatic rings. The third-order valence-corrected chi connectivity index (χ3v) is 6.82. The van der Waals surface area contributed by atoms with E-state index < -0.39 is 10.0 Å². The Hall–Kier alpha value is -2.97. The number of nitrogens with zero attached hydrogens (tertiary/aromatic N) is 2. The molecule has 1 aliphatic rings. The lowest BCUT2D eigenvalue weighted by atomic mass is 10.1. The molecule has 2 aromatic heterocycles. The Morgan fingerprint density at radius 1 is 1.07 bits per heavy atom. The van der Waals surface area contributed by atoms with Gasteiger partial charge in [0.1, 0.15) is 5.69 Å². The molecule has 1 amide bonds. The fraction of sp³-hybridized carbons (Fsp3) is 0.238. The Kier molecular flexibility index (Phi) is 5.46. The number of amides is 1. The number of hydrogen-bond donors (Lipinski definition) is 1. The molecule has 4 rings (SSSR count). The average molecular weight is 411 g/mol. The van der Waals surface area contributed by atoms with Crippen LogP contribution >= 0.6 is 0 Å². The lowest BCUT2D eigenvalue weighted by Crippen LogP contribution is -2.28. The highest BCUT2D eigenvalue weighted by Gasteiger charge is 2.27. The Bertz CT molecular complexity index is 1090. The molecule has 3 heterocycles. The fourth-order valence-electron chi connectivity index (χ4n) is 3.35. The molecule has 0 saturated carbocycles. The number of aromatic nitrogens is 1. The second-order valence-electron chi connectivity index (χ2n) is 6.81. The van der Waals surface area contributed by atoms with E-state index in [1.807, 2.05) is 12.1 Å². The van der Waals surface area contributed by atoms with Crippen LogP contribution in [-0.4, -0.2) is 36.7 Å². The van der Waals surface area contributed by atoms with Crippen molar-refractivity contribution in [2.24, 2.45) is 0 Å². The van der Waals surface area contributed by atoms with Crippen molar-refractivity contribution in [3.63, 3.8) is 0 Å². The van der Waals surface area contributed by atoms with Crippen molar-refractivity contribution >= 4 is 15.9 Å². The summed E-state index contributed by atoms with van der Waals surface area (Å²) in [5.74, 6) is 0.343. The van der Waals surface area contributed by atoms with Crippen LogP contribution in [0.15, 0.2) is 70.3 Å². The average Bonchev–Trinajstić information content (AvgIpc) is 3.47. The van der Waals surface area contributed by atoms with Crippen LogP contribution in [0.3, 0.4) is 0 Å². The number of benzene rings is 1. The lowest BCUT2D eigenvalue weighted by molar-refractivity contribution is 0.0951. The molecule has 0 atom stereocenters. The van der Waals surface area contributed by atoms with Crippen molar-refractivity contribution in [3.8, 4) is 11.5 Å². The van der Waals surface area contributed by atoms with Gasteiger partial charge in [-0.3, -0.25) is 9.78 Å². The predicted molar refractivity (Wildman–Crippen MR) is 108 cm³/mol. The van der Waals surface area contributed by atoms with Gasteiger partial charge in [-0.1, -0.05) is 6.07 Å². The first-order valence-corrected chi connectivity index (χ1v) is 10.9. The van der Waals surface area contributed by atoms with E-state index in [1.165, 1.54) is 28.6 Å². The Morgan fingerprint density at radius 3 is 2.52 bits per heavy atom. The molecule has 1 saturated heterocycles. The van der Waals surface area contributed by atoms with E-state index in [1.54, 1.807) is 24.6 Å².